The van der Waals surface area contributed by atoms with Gasteiger partial charge in [-0.15, -0.1) is 0 Å². The molecule has 0 saturated heterocycles. The lowest BCUT2D eigenvalue weighted by Crippen LogP contribution is -2.10. The normalized spacial score (nSPS) is 10.3. The molecule has 2 aromatic rings. The third kappa shape index (κ3) is 3.79. The van der Waals surface area contributed by atoms with Gasteiger partial charge in [-0.3, -0.25) is 0 Å². The molecule has 0 aromatic heterocycles. The minimum absolute atomic E-state index is 0.359. The van der Waals surface area contributed by atoms with Gasteiger partial charge < -0.3 is 15.8 Å². The van der Waals surface area contributed by atoms with E-state index in [1.54, 1.807) is 18.2 Å². The smallest absolute Gasteiger partial charge is 0.340 e. The predicted molar refractivity (Wildman–Crippen MR) is 90.6 cm³/mol. The predicted octanol–water partition coefficient (Wildman–Crippen LogP) is 4.20. The van der Waals surface area contributed by atoms with Crippen molar-refractivity contribution in [3.8, 4) is 0 Å². The van der Waals surface area contributed by atoms with Crippen molar-refractivity contribution in [2.75, 3.05) is 17.7 Å². The second kappa shape index (κ2) is 6.98. The van der Waals surface area contributed by atoms with Gasteiger partial charge in [0.25, 0.3) is 0 Å². The van der Waals surface area contributed by atoms with Crippen LogP contribution in [0.5, 0.6) is 0 Å². The van der Waals surface area contributed by atoms with Crippen LogP contribution < -0.4 is 11.1 Å². The van der Waals surface area contributed by atoms with E-state index < -0.39 is 0 Å². The monoisotopic (exact) mass is 298 g/mol. The Kier molecular flexibility index (Phi) is 5.04. The summed E-state index contributed by atoms with van der Waals surface area (Å²) in [4.78, 5) is 12.2. The van der Waals surface area contributed by atoms with Crippen LogP contribution in [0.3, 0.4) is 0 Å². The van der Waals surface area contributed by atoms with Crippen LogP contribution in [-0.2, 0) is 4.74 Å². The number of esters is 1. The molecular weight excluding hydrogens is 276 g/mol. The first-order valence-electron chi connectivity index (χ1n) is 7.42. The standard InChI is InChI=1S/C18H22N2O2/c1-4-9-22-18(21)15-11-14(19)7-8-16(15)20-17-10-12(2)5-6-13(17)3/h5-8,10-11,20H,4,9,19H2,1-3H3. The van der Waals surface area contributed by atoms with Gasteiger partial charge in [0.15, 0.2) is 0 Å². The highest BCUT2D eigenvalue weighted by atomic mass is 16.5. The molecule has 0 fully saturated rings. The van der Waals surface area contributed by atoms with E-state index >= 15 is 0 Å². The number of rotatable bonds is 5. The van der Waals surface area contributed by atoms with Crippen LogP contribution in [0.2, 0.25) is 0 Å². The molecule has 0 unspecified atom stereocenters. The zero-order valence-electron chi connectivity index (χ0n) is 13.3. The lowest BCUT2D eigenvalue weighted by Gasteiger charge is -2.14. The number of carbonyl (C=O) groups is 1. The van der Waals surface area contributed by atoms with E-state index in [9.17, 15) is 4.79 Å². The minimum atomic E-state index is -0.359. The van der Waals surface area contributed by atoms with Crippen LogP contribution >= 0.6 is 0 Å². The van der Waals surface area contributed by atoms with Crippen molar-refractivity contribution >= 4 is 23.0 Å². The van der Waals surface area contributed by atoms with E-state index in [1.807, 2.05) is 32.9 Å². The van der Waals surface area contributed by atoms with Crippen LogP contribution in [0.25, 0.3) is 0 Å². The summed E-state index contributed by atoms with van der Waals surface area (Å²) < 4.78 is 5.23. The molecule has 22 heavy (non-hydrogen) atoms. The lowest BCUT2D eigenvalue weighted by atomic mass is 10.1. The van der Waals surface area contributed by atoms with E-state index in [4.69, 9.17) is 10.5 Å². The summed E-state index contributed by atoms with van der Waals surface area (Å²) in [6.07, 6.45) is 0.786. The first-order valence-corrected chi connectivity index (χ1v) is 7.42. The Hall–Kier alpha value is -2.49. The topological polar surface area (TPSA) is 64.3 Å². The molecule has 3 N–H and O–H groups in total. The molecule has 0 radical (unpaired) electrons. The van der Waals surface area contributed by atoms with Gasteiger partial charge in [-0.25, -0.2) is 4.79 Å². The molecule has 2 aromatic carbocycles. The van der Waals surface area contributed by atoms with Crippen LogP contribution in [0.15, 0.2) is 36.4 Å². The zero-order valence-corrected chi connectivity index (χ0v) is 13.3. The molecule has 0 atom stereocenters. The highest BCUT2D eigenvalue weighted by molar-refractivity contribution is 5.97. The zero-order chi connectivity index (χ0) is 16.1. The van der Waals surface area contributed by atoms with Crippen molar-refractivity contribution in [3.05, 3.63) is 53.1 Å². The van der Waals surface area contributed by atoms with Crippen molar-refractivity contribution in [2.24, 2.45) is 0 Å². The molecule has 0 aliphatic carbocycles. The maximum atomic E-state index is 12.2. The molecule has 4 nitrogen and oxygen atoms in total. The van der Waals surface area contributed by atoms with Crippen LogP contribution in [0.4, 0.5) is 17.1 Å². The van der Waals surface area contributed by atoms with E-state index in [-0.39, 0.29) is 5.97 Å². The van der Waals surface area contributed by atoms with Crippen molar-refractivity contribution in [2.45, 2.75) is 27.2 Å². The molecule has 0 aliphatic heterocycles. The number of ether oxygens (including phenoxy) is 1. The summed E-state index contributed by atoms with van der Waals surface area (Å²) in [5, 5.41) is 3.31. The molecule has 2 rings (SSSR count). The van der Waals surface area contributed by atoms with Crippen LogP contribution in [0.1, 0.15) is 34.8 Å². The van der Waals surface area contributed by atoms with Gasteiger partial charge in [0, 0.05) is 11.4 Å². The summed E-state index contributed by atoms with van der Waals surface area (Å²) in [6, 6.07) is 11.4. The quantitative estimate of drug-likeness (QED) is 0.641. The molecule has 0 amide bonds. The number of hydrogen-bond acceptors (Lipinski definition) is 4. The fourth-order valence-corrected chi connectivity index (χ4v) is 2.13. The number of nitrogens with two attached hydrogens (primary N) is 1. The Balaban J connectivity index is 2.34. The Labute approximate surface area is 131 Å². The Morgan fingerprint density at radius 2 is 1.91 bits per heavy atom. The van der Waals surface area contributed by atoms with E-state index in [1.165, 1.54) is 0 Å². The van der Waals surface area contributed by atoms with Crippen molar-refractivity contribution < 1.29 is 9.53 Å². The average molecular weight is 298 g/mol. The average Bonchev–Trinajstić information content (AvgIpc) is 2.50. The molecule has 0 saturated carbocycles. The first-order chi connectivity index (χ1) is 10.5. The van der Waals surface area contributed by atoms with E-state index in [0.29, 0.717) is 23.5 Å². The maximum Gasteiger partial charge on any atom is 0.340 e. The minimum Gasteiger partial charge on any atom is -0.462 e. The summed E-state index contributed by atoms with van der Waals surface area (Å²) in [5.74, 6) is -0.359. The van der Waals surface area contributed by atoms with Crippen molar-refractivity contribution in [1.82, 2.24) is 0 Å². The number of hydrogen-bond donors (Lipinski definition) is 2. The molecule has 0 bridgehead atoms. The lowest BCUT2D eigenvalue weighted by molar-refractivity contribution is 0.0506. The molecular formula is C18H22N2O2. The fraction of sp³-hybridized carbons (Fsp3) is 0.278. The number of benzene rings is 2. The Morgan fingerprint density at radius 1 is 1.14 bits per heavy atom. The first kappa shape index (κ1) is 15.9. The SMILES string of the molecule is CCCOC(=O)c1cc(N)ccc1Nc1cc(C)ccc1C. The number of nitrogen functional groups attached to an aromatic ring is 1. The van der Waals surface area contributed by atoms with E-state index in [2.05, 4.69) is 11.4 Å². The van der Waals surface area contributed by atoms with E-state index in [0.717, 1.165) is 23.2 Å². The van der Waals surface area contributed by atoms with Gasteiger partial charge in [-0.05, 0) is 55.7 Å². The number of nitrogens with one attached hydrogen (secondary N) is 1. The van der Waals surface area contributed by atoms with Crippen LogP contribution in [0, 0.1) is 13.8 Å². The summed E-state index contributed by atoms with van der Waals surface area (Å²) in [7, 11) is 0. The summed E-state index contributed by atoms with van der Waals surface area (Å²) >= 11 is 0. The Bertz CT molecular complexity index is 681. The van der Waals surface area contributed by atoms with Gasteiger partial charge in [0.1, 0.15) is 0 Å². The largest absolute Gasteiger partial charge is 0.462 e. The van der Waals surface area contributed by atoms with Gasteiger partial charge in [0.2, 0.25) is 0 Å². The second-order valence-electron chi connectivity index (χ2n) is 5.38. The molecule has 0 spiro atoms. The second-order valence-corrected chi connectivity index (χ2v) is 5.38. The summed E-state index contributed by atoms with van der Waals surface area (Å²) in [6.45, 7) is 6.41. The fourth-order valence-electron chi connectivity index (χ4n) is 2.13. The third-order valence-corrected chi connectivity index (χ3v) is 3.36. The number of carbonyl (C=O) groups excluding carboxylic acids is 1. The highest BCUT2D eigenvalue weighted by Gasteiger charge is 2.14. The van der Waals surface area contributed by atoms with Gasteiger partial charge >= 0.3 is 5.97 Å². The van der Waals surface area contributed by atoms with Gasteiger partial charge in [-0.2, -0.15) is 0 Å². The number of aryl methyl sites for hydroxylation is 2. The molecule has 0 heterocycles. The van der Waals surface area contributed by atoms with Crippen molar-refractivity contribution in [1.29, 1.82) is 0 Å². The molecule has 116 valence electrons. The Morgan fingerprint density at radius 3 is 2.64 bits per heavy atom. The van der Waals surface area contributed by atoms with Gasteiger partial charge in [-0.1, -0.05) is 19.1 Å². The number of anilines is 3. The maximum absolute atomic E-state index is 12.2. The third-order valence-electron chi connectivity index (χ3n) is 3.36. The van der Waals surface area contributed by atoms with Crippen LogP contribution in [-0.4, -0.2) is 12.6 Å². The molecule has 4 heteroatoms. The highest BCUT2D eigenvalue weighted by Crippen LogP contribution is 2.26. The van der Waals surface area contributed by atoms with Gasteiger partial charge in [0.05, 0.1) is 17.9 Å². The summed E-state index contributed by atoms with van der Waals surface area (Å²) in [5.41, 5.74) is 10.7. The molecule has 0 aliphatic rings. The van der Waals surface area contributed by atoms with Crippen molar-refractivity contribution in [3.63, 3.8) is 0 Å².